The smallest absolute Gasteiger partial charge is 0.169 e. The average Bonchev–Trinajstić information content (AvgIpc) is 2.39. The van der Waals surface area contributed by atoms with E-state index in [1.807, 2.05) is 6.07 Å². The van der Waals surface area contributed by atoms with Gasteiger partial charge in [-0.15, -0.1) is 11.3 Å². The van der Waals surface area contributed by atoms with Gasteiger partial charge in [0, 0.05) is 0 Å². The van der Waals surface area contributed by atoms with E-state index in [0.717, 1.165) is 9.17 Å². The average molecular weight is 247 g/mol. The Morgan fingerprint density at radius 2 is 2.17 bits per heavy atom. The van der Waals surface area contributed by atoms with Crippen molar-refractivity contribution >= 4 is 37.4 Å². The van der Waals surface area contributed by atoms with E-state index in [2.05, 4.69) is 15.9 Å². The van der Waals surface area contributed by atoms with Crippen molar-refractivity contribution in [3.63, 3.8) is 0 Å². The van der Waals surface area contributed by atoms with Crippen LogP contribution < -0.4 is 0 Å². The van der Waals surface area contributed by atoms with Crippen LogP contribution in [0.25, 0.3) is 10.1 Å². The molecule has 4 heteroatoms. The normalized spacial score (nSPS) is 10.8. The minimum atomic E-state index is -0.572. The summed E-state index contributed by atoms with van der Waals surface area (Å²) in [6.45, 7) is 0. The van der Waals surface area contributed by atoms with Gasteiger partial charge in [0.15, 0.2) is 11.6 Å². The van der Waals surface area contributed by atoms with Gasteiger partial charge in [-0.1, -0.05) is 6.07 Å². The molecule has 1 aromatic heterocycles. The standard InChI is InChI=1S/C8H4BrFOS/c9-6-3-4-1-2-5(10)7(11)8(4)12-6/h1-3,11H. The van der Waals surface area contributed by atoms with Crippen molar-refractivity contribution in [3.05, 3.63) is 27.8 Å². The van der Waals surface area contributed by atoms with E-state index < -0.39 is 5.82 Å². The Bertz CT molecular complexity index is 438. The van der Waals surface area contributed by atoms with Gasteiger partial charge in [-0.3, -0.25) is 0 Å². The van der Waals surface area contributed by atoms with Crippen molar-refractivity contribution in [2.45, 2.75) is 0 Å². The Balaban J connectivity index is 2.89. The van der Waals surface area contributed by atoms with Gasteiger partial charge >= 0.3 is 0 Å². The summed E-state index contributed by atoms with van der Waals surface area (Å²) in [5.41, 5.74) is 0. The Labute approximate surface area is 80.6 Å². The third-order valence-electron chi connectivity index (χ3n) is 1.58. The number of aromatic hydroxyl groups is 1. The van der Waals surface area contributed by atoms with Crippen LogP contribution in [0.3, 0.4) is 0 Å². The fourth-order valence-corrected chi connectivity index (χ4v) is 2.59. The summed E-state index contributed by atoms with van der Waals surface area (Å²) in [4.78, 5) is 0. The van der Waals surface area contributed by atoms with Gasteiger partial charge in [0.05, 0.1) is 8.49 Å². The second-order valence-corrected chi connectivity index (χ2v) is 4.80. The third kappa shape index (κ3) is 1.11. The molecule has 0 aliphatic rings. The first-order valence-electron chi connectivity index (χ1n) is 3.25. The predicted octanol–water partition coefficient (Wildman–Crippen LogP) is 3.51. The molecule has 0 spiro atoms. The fourth-order valence-electron chi connectivity index (χ4n) is 1.03. The zero-order valence-corrected chi connectivity index (χ0v) is 8.25. The Kier molecular flexibility index (Phi) is 1.81. The van der Waals surface area contributed by atoms with Crippen LogP contribution in [0, 0.1) is 5.82 Å². The predicted molar refractivity (Wildman–Crippen MR) is 51.1 cm³/mol. The number of hydrogen-bond donors (Lipinski definition) is 1. The van der Waals surface area contributed by atoms with Crippen LogP contribution >= 0.6 is 27.3 Å². The van der Waals surface area contributed by atoms with Crippen LogP contribution in [0.5, 0.6) is 5.75 Å². The van der Waals surface area contributed by atoms with Crippen molar-refractivity contribution < 1.29 is 9.50 Å². The zero-order valence-electron chi connectivity index (χ0n) is 5.84. The highest BCUT2D eigenvalue weighted by atomic mass is 79.9. The number of hydrogen-bond acceptors (Lipinski definition) is 2. The summed E-state index contributed by atoms with van der Waals surface area (Å²) in [6.07, 6.45) is 0. The highest BCUT2D eigenvalue weighted by Gasteiger charge is 2.08. The van der Waals surface area contributed by atoms with Crippen molar-refractivity contribution in [1.82, 2.24) is 0 Å². The van der Waals surface area contributed by atoms with Gasteiger partial charge in [0.2, 0.25) is 0 Å². The molecule has 1 aromatic carbocycles. The van der Waals surface area contributed by atoms with Crippen LogP contribution in [0.1, 0.15) is 0 Å². The Morgan fingerprint density at radius 1 is 1.42 bits per heavy atom. The second-order valence-electron chi connectivity index (χ2n) is 2.36. The molecule has 1 heterocycles. The summed E-state index contributed by atoms with van der Waals surface area (Å²) in [7, 11) is 0. The minimum Gasteiger partial charge on any atom is -0.504 e. The molecule has 0 saturated heterocycles. The number of benzene rings is 1. The van der Waals surface area contributed by atoms with E-state index in [1.54, 1.807) is 6.07 Å². The van der Waals surface area contributed by atoms with E-state index in [4.69, 9.17) is 0 Å². The lowest BCUT2D eigenvalue weighted by Gasteiger charge is -1.94. The molecule has 2 aromatic rings. The lowest BCUT2D eigenvalue weighted by Crippen LogP contribution is -1.73. The quantitative estimate of drug-likeness (QED) is 0.755. The van der Waals surface area contributed by atoms with E-state index in [1.165, 1.54) is 17.4 Å². The van der Waals surface area contributed by atoms with Gasteiger partial charge in [-0.25, -0.2) is 4.39 Å². The number of phenols is 1. The van der Waals surface area contributed by atoms with E-state index in [0.29, 0.717) is 4.70 Å². The maximum Gasteiger partial charge on any atom is 0.169 e. The van der Waals surface area contributed by atoms with Gasteiger partial charge in [-0.2, -0.15) is 0 Å². The molecule has 1 nitrogen and oxygen atoms in total. The van der Waals surface area contributed by atoms with E-state index >= 15 is 0 Å². The molecule has 0 bridgehead atoms. The highest BCUT2D eigenvalue weighted by Crippen LogP contribution is 2.36. The lowest BCUT2D eigenvalue weighted by molar-refractivity contribution is 0.439. The molecule has 0 aliphatic carbocycles. The summed E-state index contributed by atoms with van der Waals surface area (Å²) < 4.78 is 14.3. The molecule has 12 heavy (non-hydrogen) atoms. The van der Waals surface area contributed by atoms with Crippen molar-refractivity contribution in [2.75, 3.05) is 0 Å². The number of rotatable bonds is 0. The zero-order chi connectivity index (χ0) is 8.72. The topological polar surface area (TPSA) is 20.2 Å². The molecule has 0 aliphatic heterocycles. The first-order chi connectivity index (χ1) is 5.68. The summed E-state index contributed by atoms with van der Waals surface area (Å²) in [6, 6.07) is 4.75. The molecule has 1 N–H and O–H groups in total. The Morgan fingerprint density at radius 3 is 2.92 bits per heavy atom. The number of thiophene rings is 1. The highest BCUT2D eigenvalue weighted by molar-refractivity contribution is 9.11. The molecule has 2 rings (SSSR count). The fraction of sp³-hybridized carbons (Fsp3) is 0. The van der Waals surface area contributed by atoms with Crippen molar-refractivity contribution in [3.8, 4) is 5.75 Å². The van der Waals surface area contributed by atoms with E-state index in [-0.39, 0.29) is 5.75 Å². The SMILES string of the molecule is Oc1c(F)ccc2cc(Br)sc12. The van der Waals surface area contributed by atoms with Crippen LogP contribution in [0.4, 0.5) is 4.39 Å². The van der Waals surface area contributed by atoms with Gasteiger partial charge in [0.1, 0.15) is 0 Å². The Hall–Kier alpha value is -0.610. The molecule has 0 amide bonds. The molecular formula is C8H4BrFOS. The largest absolute Gasteiger partial charge is 0.504 e. The lowest BCUT2D eigenvalue weighted by atomic mass is 10.2. The van der Waals surface area contributed by atoms with Crippen molar-refractivity contribution in [1.29, 1.82) is 0 Å². The van der Waals surface area contributed by atoms with Crippen LogP contribution in [-0.2, 0) is 0 Å². The third-order valence-corrected chi connectivity index (χ3v) is 3.24. The van der Waals surface area contributed by atoms with Crippen molar-refractivity contribution in [2.24, 2.45) is 0 Å². The van der Waals surface area contributed by atoms with Gasteiger partial charge in [0.25, 0.3) is 0 Å². The summed E-state index contributed by atoms with van der Waals surface area (Å²) in [5, 5.41) is 10.1. The second kappa shape index (κ2) is 2.71. The number of fused-ring (bicyclic) bond motifs is 1. The molecule has 0 radical (unpaired) electrons. The van der Waals surface area contributed by atoms with Crippen LogP contribution in [0.2, 0.25) is 0 Å². The number of halogens is 2. The monoisotopic (exact) mass is 246 g/mol. The van der Waals surface area contributed by atoms with Gasteiger partial charge < -0.3 is 5.11 Å². The molecule has 0 atom stereocenters. The first kappa shape index (κ1) is 8.01. The molecular weight excluding hydrogens is 243 g/mol. The summed E-state index contributed by atoms with van der Waals surface area (Å²) in [5.74, 6) is -0.833. The van der Waals surface area contributed by atoms with Gasteiger partial charge in [-0.05, 0) is 33.4 Å². The molecule has 62 valence electrons. The van der Waals surface area contributed by atoms with Crippen LogP contribution in [0.15, 0.2) is 22.0 Å². The minimum absolute atomic E-state index is 0.261. The maximum absolute atomic E-state index is 12.8. The number of phenolic OH excluding ortho intramolecular Hbond substituents is 1. The molecule has 0 unspecified atom stereocenters. The van der Waals surface area contributed by atoms with E-state index in [9.17, 15) is 9.50 Å². The molecule has 0 saturated carbocycles. The van der Waals surface area contributed by atoms with Crippen LogP contribution in [-0.4, -0.2) is 5.11 Å². The maximum atomic E-state index is 12.8. The molecule has 0 fully saturated rings. The summed E-state index contributed by atoms with van der Waals surface area (Å²) >= 11 is 4.59. The first-order valence-corrected chi connectivity index (χ1v) is 4.86.